The molecule has 1 aliphatic rings. The average Bonchev–Trinajstić information content (AvgIpc) is 2.17. The third-order valence-electron chi connectivity index (χ3n) is 2.30. The van der Waals surface area contributed by atoms with Gasteiger partial charge in [-0.2, -0.15) is 0 Å². The van der Waals surface area contributed by atoms with Gasteiger partial charge >= 0.3 is 0 Å². The van der Waals surface area contributed by atoms with Crippen molar-refractivity contribution in [2.24, 2.45) is 5.90 Å². The lowest BCUT2D eigenvalue weighted by atomic mass is 10.1. The van der Waals surface area contributed by atoms with Crippen LogP contribution in [0.25, 0.3) is 0 Å². The molecule has 0 aromatic heterocycles. The van der Waals surface area contributed by atoms with Crippen molar-refractivity contribution in [1.29, 1.82) is 0 Å². The molecule has 1 atom stereocenters. The molecule has 0 aromatic rings. The summed E-state index contributed by atoms with van der Waals surface area (Å²) in [5, 5.41) is 9.05. The summed E-state index contributed by atoms with van der Waals surface area (Å²) in [7, 11) is 0. The highest BCUT2D eigenvalue weighted by molar-refractivity contribution is 5.80. The zero-order valence-corrected chi connectivity index (χ0v) is 7.77. The largest absolute Gasteiger partial charge is 0.384 e. The summed E-state index contributed by atoms with van der Waals surface area (Å²) in [5.41, 5.74) is 0. The molecule has 5 nitrogen and oxygen atoms in total. The molecule has 0 saturated carbocycles. The smallest absolute Gasteiger partial charge is 0.251 e. The number of nitrogens with zero attached hydrogens (tertiary/aromatic N) is 1. The Morgan fingerprint density at radius 3 is 2.54 bits per heavy atom. The maximum atomic E-state index is 11.3. The lowest BCUT2D eigenvalue weighted by molar-refractivity contribution is -0.141. The fraction of sp³-hybridized carbons (Fsp3) is 0.875. The SMILES string of the molecule is CC(O)C(=O)N1CCC(ON)CC1. The van der Waals surface area contributed by atoms with Gasteiger partial charge in [-0.1, -0.05) is 0 Å². The van der Waals surface area contributed by atoms with Gasteiger partial charge in [-0.05, 0) is 19.8 Å². The van der Waals surface area contributed by atoms with E-state index in [2.05, 4.69) is 4.84 Å². The van der Waals surface area contributed by atoms with Gasteiger partial charge in [-0.3, -0.25) is 4.79 Å². The van der Waals surface area contributed by atoms with E-state index in [1.54, 1.807) is 4.90 Å². The summed E-state index contributed by atoms with van der Waals surface area (Å²) in [5.74, 6) is 4.82. The summed E-state index contributed by atoms with van der Waals surface area (Å²) < 4.78 is 0. The number of nitrogens with two attached hydrogens (primary N) is 1. The molecule has 5 heteroatoms. The highest BCUT2D eigenvalue weighted by Crippen LogP contribution is 2.12. The summed E-state index contributed by atoms with van der Waals surface area (Å²) in [4.78, 5) is 17.6. The number of carbonyl (C=O) groups is 1. The molecular weight excluding hydrogens is 172 g/mol. The van der Waals surface area contributed by atoms with Gasteiger partial charge in [-0.25, -0.2) is 5.90 Å². The summed E-state index contributed by atoms with van der Waals surface area (Å²) >= 11 is 0. The third-order valence-corrected chi connectivity index (χ3v) is 2.30. The Morgan fingerprint density at radius 1 is 1.62 bits per heavy atom. The average molecular weight is 188 g/mol. The lowest BCUT2D eigenvalue weighted by Gasteiger charge is -2.31. The van der Waals surface area contributed by atoms with Crippen molar-refractivity contribution in [3.8, 4) is 0 Å². The highest BCUT2D eigenvalue weighted by Gasteiger charge is 2.24. The van der Waals surface area contributed by atoms with Crippen LogP contribution in [0.4, 0.5) is 0 Å². The van der Waals surface area contributed by atoms with E-state index in [1.807, 2.05) is 0 Å². The molecule has 1 unspecified atom stereocenters. The topological polar surface area (TPSA) is 75.8 Å². The van der Waals surface area contributed by atoms with Crippen molar-refractivity contribution < 1.29 is 14.7 Å². The molecule has 13 heavy (non-hydrogen) atoms. The van der Waals surface area contributed by atoms with E-state index < -0.39 is 6.10 Å². The summed E-state index contributed by atoms with van der Waals surface area (Å²) in [6.07, 6.45) is 0.637. The van der Waals surface area contributed by atoms with Crippen LogP contribution in [-0.2, 0) is 9.63 Å². The highest BCUT2D eigenvalue weighted by atomic mass is 16.6. The molecule has 0 aliphatic carbocycles. The standard InChI is InChI=1S/C8H16N2O3/c1-6(11)8(12)10-4-2-7(13-9)3-5-10/h6-7,11H,2-5,9H2,1H3. The second-order valence-corrected chi connectivity index (χ2v) is 3.34. The van der Waals surface area contributed by atoms with E-state index in [1.165, 1.54) is 6.92 Å². The number of aliphatic hydroxyl groups excluding tert-OH is 1. The van der Waals surface area contributed by atoms with E-state index in [0.29, 0.717) is 13.1 Å². The van der Waals surface area contributed by atoms with E-state index >= 15 is 0 Å². The zero-order chi connectivity index (χ0) is 9.84. The van der Waals surface area contributed by atoms with Crippen LogP contribution >= 0.6 is 0 Å². The number of aliphatic hydroxyl groups is 1. The minimum absolute atomic E-state index is 0.0537. The van der Waals surface area contributed by atoms with Gasteiger partial charge in [0.05, 0.1) is 6.10 Å². The van der Waals surface area contributed by atoms with E-state index in [-0.39, 0.29) is 12.0 Å². The Balaban J connectivity index is 2.36. The van der Waals surface area contributed by atoms with E-state index in [0.717, 1.165) is 12.8 Å². The van der Waals surface area contributed by atoms with Crippen LogP contribution in [0.2, 0.25) is 0 Å². The van der Waals surface area contributed by atoms with E-state index in [4.69, 9.17) is 11.0 Å². The van der Waals surface area contributed by atoms with Crippen molar-refractivity contribution in [2.75, 3.05) is 13.1 Å². The molecule has 1 amide bonds. The molecule has 1 rings (SSSR count). The number of carbonyl (C=O) groups excluding carboxylic acids is 1. The Hall–Kier alpha value is -0.650. The van der Waals surface area contributed by atoms with Gasteiger partial charge in [0.25, 0.3) is 5.91 Å². The minimum Gasteiger partial charge on any atom is -0.384 e. The molecule has 1 fully saturated rings. The molecule has 3 N–H and O–H groups in total. The first-order valence-electron chi connectivity index (χ1n) is 4.47. The molecule has 1 aliphatic heterocycles. The Morgan fingerprint density at radius 2 is 2.15 bits per heavy atom. The zero-order valence-electron chi connectivity index (χ0n) is 7.77. The van der Waals surface area contributed by atoms with Crippen molar-refractivity contribution >= 4 is 5.91 Å². The molecule has 0 radical (unpaired) electrons. The quantitative estimate of drug-likeness (QED) is 0.559. The van der Waals surface area contributed by atoms with Crippen LogP contribution in [-0.4, -0.2) is 41.2 Å². The minimum atomic E-state index is -0.907. The number of likely N-dealkylation sites (tertiary alicyclic amines) is 1. The van der Waals surface area contributed by atoms with Crippen LogP contribution in [0.3, 0.4) is 0 Å². The number of rotatable bonds is 2. The van der Waals surface area contributed by atoms with Gasteiger partial charge < -0.3 is 14.8 Å². The van der Waals surface area contributed by atoms with Crippen LogP contribution in [0.5, 0.6) is 0 Å². The maximum Gasteiger partial charge on any atom is 0.251 e. The molecule has 76 valence electrons. The Bertz CT molecular complexity index is 176. The van der Waals surface area contributed by atoms with Gasteiger partial charge in [0.1, 0.15) is 6.10 Å². The predicted molar refractivity (Wildman–Crippen MR) is 46.6 cm³/mol. The molecule has 0 bridgehead atoms. The van der Waals surface area contributed by atoms with Gasteiger partial charge in [0.2, 0.25) is 0 Å². The number of piperidine rings is 1. The van der Waals surface area contributed by atoms with Crippen molar-refractivity contribution in [3.05, 3.63) is 0 Å². The van der Waals surface area contributed by atoms with Crippen LogP contribution in [0.15, 0.2) is 0 Å². The fourth-order valence-corrected chi connectivity index (χ4v) is 1.48. The van der Waals surface area contributed by atoms with E-state index in [9.17, 15) is 4.79 Å². The second-order valence-electron chi connectivity index (χ2n) is 3.34. The monoisotopic (exact) mass is 188 g/mol. The first-order chi connectivity index (χ1) is 6.15. The normalized spacial score (nSPS) is 21.6. The second kappa shape index (κ2) is 4.55. The Kier molecular flexibility index (Phi) is 3.65. The predicted octanol–water partition coefficient (Wildman–Crippen LogP) is -0.751. The summed E-state index contributed by atoms with van der Waals surface area (Å²) in [6.45, 7) is 2.71. The first kappa shape index (κ1) is 10.4. The van der Waals surface area contributed by atoms with Crippen molar-refractivity contribution in [1.82, 2.24) is 4.90 Å². The van der Waals surface area contributed by atoms with Crippen molar-refractivity contribution in [2.45, 2.75) is 32.0 Å². The van der Waals surface area contributed by atoms with Crippen molar-refractivity contribution in [3.63, 3.8) is 0 Å². The van der Waals surface area contributed by atoms with Crippen LogP contribution in [0, 0.1) is 0 Å². The Labute approximate surface area is 77.4 Å². The molecule has 1 saturated heterocycles. The van der Waals surface area contributed by atoms with Gasteiger partial charge in [-0.15, -0.1) is 0 Å². The number of amides is 1. The third kappa shape index (κ3) is 2.65. The molecular formula is C8H16N2O3. The first-order valence-corrected chi connectivity index (χ1v) is 4.47. The van der Waals surface area contributed by atoms with Crippen LogP contribution < -0.4 is 5.90 Å². The maximum absolute atomic E-state index is 11.3. The lowest BCUT2D eigenvalue weighted by Crippen LogP contribution is -2.45. The molecule has 0 spiro atoms. The molecule has 0 aromatic carbocycles. The number of hydrogen-bond acceptors (Lipinski definition) is 4. The molecule has 1 heterocycles. The van der Waals surface area contributed by atoms with Gasteiger partial charge in [0.15, 0.2) is 0 Å². The van der Waals surface area contributed by atoms with Crippen LogP contribution in [0.1, 0.15) is 19.8 Å². The summed E-state index contributed by atoms with van der Waals surface area (Å²) in [6, 6.07) is 0. The fourth-order valence-electron chi connectivity index (χ4n) is 1.48. The van der Waals surface area contributed by atoms with Gasteiger partial charge in [0, 0.05) is 13.1 Å². The number of hydrogen-bond donors (Lipinski definition) is 2.